The molecule has 1 aromatic rings. The maximum Gasteiger partial charge on any atom is 0.217 e. The summed E-state index contributed by atoms with van der Waals surface area (Å²) in [4.78, 5) is 4.65. The maximum absolute atomic E-state index is 12.3. The first-order valence-electron chi connectivity index (χ1n) is 7.35. The minimum atomic E-state index is -3.12. The highest BCUT2D eigenvalue weighted by atomic mass is 32.2. The molecule has 2 heterocycles. The fourth-order valence-electron chi connectivity index (χ4n) is 2.36. The van der Waals surface area contributed by atoms with Gasteiger partial charge in [0.2, 0.25) is 10.0 Å². The second-order valence-corrected chi connectivity index (χ2v) is 9.89. The molecule has 3 rings (SSSR count). The smallest absolute Gasteiger partial charge is 0.217 e. The molecule has 0 bridgehead atoms. The van der Waals surface area contributed by atoms with Crippen LogP contribution in [-0.2, 0) is 20.2 Å². The van der Waals surface area contributed by atoms with E-state index in [0.29, 0.717) is 19.7 Å². The van der Waals surface area contributed by atoms with Gasteiger partial charge in [-0.25, -0.2) is 13.4 Å². The second-order valence-electron chi connectivity index (χ2n) is 6.78. The topological polar surface area (TPSA) is 59.5 Å². The molecule has 5 nitrogen and oxygen atoms in total. The highest BCUT2D eigenvalue weighted by molar-refractivity contribution is 7.90. The highest BCUT2D eigenvalue weighted by Crippen LogP contribution is 2.35. The first-order chi connectivity index (χ1) is 9.78. The van der Waals surface area contributed by atoms with E-state index < -0.39 is 10.0 Å². The van der Waals surface area contributed by atoms with Gasteiger partial charge in [-0.2, -0.15) is 4.31 Å². The summed E-state index contributed by atoms with van der Waals surface area (Å²) in [6, 6.07) is 0. The molecule has 118 valence electrons. The van der Waals surface area contributed by atoms with Gasteiger partial charge in [-0.05, 0) is 12.8 Å². The predicted molar refractivity (Wildman–Crippen MR) is 83.0 cm³/mol. The van der Waals surface area contributed by atoms with Crippen molar-refractivity contribution in [2.45, 2.75) is 50.4 Å². The van der Waals surface area contributed by atoms with Crippen LogP contribution in [-0.4, -0.2) is 42.7 Å². The van der Waals surface area contributed by atoms with E-state index in [9.17, 15) is 8.42 Å². The lowest BCUT2D eigenvalue weighted by molar-refractivity contribution is -0.00283. The van der Waals surface area contributed by atoms with E-state index in [-0.39, 0.29) is 16.8 Å². The largest absolute Gasteiger partial charge is 0.368 e. The lowest BCUT2D eigenvalue weighted by atomic mass is 9.93. The van der Waals surface area contributed by atoms with Crippen molar-refractivity contribution in [3.8, 4) is 0 Å². The molecule has 7 heteroatoms. The quantitative estimate of drug-likeness (QED) is 0.853. The molecule has 1 unspecified atom stereocenters. The van der Waals surface area contributed by atoms with Gasteiger partial charge in [-0.3, -0.25) is 0 Å². The Morgan fingerprint density at radius 2 is 2.10 bits per heavy atom. The Labute approximate surface area is 130 Å². The lowest BCUT2D eigenvalue weighted by Gasteiger charge is -2.31. The fraction of sp³-hybridized carbons (Fsp3) is 0.786. The van der Waals surface area contributed by atoms with Crippen molar-refractivity contribution in [3.63, 3.8) is 0 Å². The van der Waals surface area contributed by atoms with Crippen LogP contribution in [0.1, 0.15) is 50.4 Å². The van der Waals surface area contributed by atoms with Gasteiger partial charge in [0, 0.05) is 23.9 Å². The molecule has 2 fully saturated rings. The Morgan fingerprint density at radius 1 is 1.38 bits per heavy atom. The Bertz CT molecular complexity index is 614. The zero-order valence-electron chi connectivity index (χ0n) is 12.7. The monoisotopic (exact) mass is 330 g/mol. The standard InChI is InChI=1S/C14H22N2O3S2/c1-14(2,3)12-9-20-13(15-12)11-8-16(6-7-19-11)21(17,18)10-4-5-10/h9-11H,4-8H2,1-3H3. The first-order valence-corrected chi connectivity index (χ1v) is 9.73. The van der Waals surface area contributed by atoms with E-state index in [1.807, 2.05) is 5.38 Å². The van der Waals surface area contributed by atoms with Crippen LogP contribution in [0.5, 0.6) is 0 Å². The summed E-state index contributed by atoms with van der Waals surface area (Å²) in [7, 11) is -3.12. The summed E-state index contributed by atoms with van der Waals surface area (Å²) in [6.07, 6.45) is 1.37. The number of rotatable bonds is 3. The molecule has 0 aromatic carbocycles. The molecule has 1 saturated heterocycles. The van der Waals surface area contributed by atoms with Crippen molar-refractivity contribution in [3.05, 3.63) is 16.1 Å². The number of hydrogen-bond donors (Lipinski definition) is 0. The van der Waals surface area contributed by atoms with E-state index >= 15 is 0 Å². The minimum absolute atomic E-state index is 0.00317. The van der Waals surface area contributed by atoms with Crippen molar-refractivity contribution < 1.29 is 13.2 Å². The fourth-order valence-corrected chi connectivity index (χ4v) is 5.27. The van der Waals surface area contributed by atoms with Crippen molar-refractivity contribution >= 4 is 21.4 Å². The summed E-state index contributed by atoms with van der Waals surface area (Å²) in [5.41, 5.74) is 1.04. The van der Waals surface area contributed by atoms with Crippen molar-refractivity contribution in [1.29, 1.82) is 0 Å². The number of thiazole rings is 1. The Kier molecular flexibility index (Phi) is 3.88. The Hall–Kier alpha value is -0.500. The second kappa shape index (κ2) is 5.30. The number of aromatic nitrogens is 1. The summed E-state index contributed by atoms with van der Waals surface area (Å²) in [6.45, 7) is 7.68. The molecule has 0 radical (unpaired) electrons. The van der Waals surface area contributed by atoms with Crippen LogP contribution in [0.3, 0.4) is 0 Å². The molecule has 0 N–H and O–H groups in total. The average Bonchev–Trinajstić information content (AvgIpc) is 3.15. The molecule has 1 saturated carbocycles. The van der Waals surface area contributed by atoms with E-state index in [0.717, 1.165) is 23.5 Å². The number of sulfonamides is 1. The van der Waals surface area contributed by atoms with Crippen molar-refractivity contribution in [2.75, 3.05) is 19.7 Å². The zero-order chi connectivity index (χ0) is 15.3. The van der Waals surface area contributed by atoms with Crippen LogP contribution in [0.4, 0.5) is 0 Å². The molecule has 1 atom stereocenters. The van der Waals surface area contributed by atoms with Gasteiger partial charge in [0.15, 0.2) is 0 Å². The van der Waals surface area contributed by atoms with Gasteiger partial charge in [0.25, 0.3) is 0 Å². The maximum atomic E-state index is 12.3. The molecule has 0 spiro atoms. The summed E-state index contributed by atoms with van der Waals surface area (Å²) in [5.74, 6) is 0. The van der Waals surface area contributed by atoms with E-state index in [4.69, 9.17) is 4.74 Å². The number of ether oxygens (including phenoxy) is 1. The SMILES string of the molecule is CC(C)(C)c1csc(C2CN(S(=O)(=O)C3CC3)CCO2)n1. The number of morpholine rings is 1. The molecular formula is C14H22N2O3S2. The van der Waals surface area contributed by atoms with Gasteiger partial charge in [-0.15, -0.1) is 11.3 Å². The molecular weight excluding hydrogens is 308 g/mol. The van der Waals surface area contributed by atoms with E-state index in [1.165, 1.54) is 0 Å². The molecule has 1 aromatic heterocycles. The Balaban J connectivity index is 1.75. The third-order valence-corrected chi connectivity index (χ3v) is 7.20. The van der Waals surface area contributed by atoms with Crippen LogP contribution >= 0.6 is 11.3 Å². The third kappa shape index (κ3) is 3.16. The van der Waals surface area contributed by atoms with E-state index in [2.05, 4.69) is 25.8 Å². The van der Waals surface area contributed by atoms with Gasteiger partial charge in [-0.1, -0.05) is 20.8 Å². The van der Waals surface area contributed by atoms with Gasteiger partial charge >= 0.3 is 0 Å². The number of nitrogens with zero attached hydrogens (tertiary/aromatic N) is 2. The molecule has 1 aliphatic heterocycles. The predicted octanol–water partition coefficient (Wildman–Crippen LogP) is 2.31. The van der Waals surface area contributed by atoms with Crippen LogP contribution < -0.4 is 0 Å². The van der Waals surface area contributed by atoms with Gasteiger partial charge < -0.3 is 4.74 Å². The third-order valence-electron chi connectivity index (χ3n) is 3.90. The average molecular weight is 330 g/mol. The summed E-state index contributed by atoms with van der Waals surface area (Å²) in [5, 5.41) is 2.78. The minimum Gasteiger partial charge on any atom is -0.368 e. The highest BCUT2D eigenvalue weighted by Gasteiger charge is 2.42. The number of hydrogen-bond acceptors (Lipinski definition) is 5. The normalized spacial score (nSPS) is 25.2. The molecule has 21 heavy (non-hydrogen) atoms. The van der Waals surface area contributed by atoms with Crippen LogP contribution in [0.15, 0.2) is 5.38 Å². The summed E-state index contributed by atoms with van der Waals surface area (Å²) >= 11 is 1.56. The van der Waals surface area contributed by atoms with Gasteiger partial charge in [0.1, 0.15) is 11.1 Å². The Morgan fingerprint density at radius 3 is 2.67 bits per heavy atom. The molecule has 1 aliphatic carbocycles. The van der Waals surface area contributed by atoms with Crippen LogP contribution in [0.2, 0.25) is 0 Å². The summed E-state index contributed by atoms with van der Waals surface area (Å²) < 4.78 is 32.0. The van der Waals surface area contributed by atoms with E-state index in [1.54, 1.807) is 15.6 Å². The van der Waals surface area contributed by atoms with Gasteiger partial charge in [0.05, 0.1) is 17.6 Å². The molecule has 0 amide bonds. The van der Waals surface area contributed by atoms with Crippen LogP contribution in [0, 0.1) is 0 Å². The van der Waals surface area contributed by atoms with Crippen molar-refractivity contribution in [2.24, 2.45) is 0 Å². The lowest BCUT2D eigenvalue weighted by Crippen LogP contribution is -2.43. The van der Waals surface area contributed by atoms with Crippen molar-refractivity contribution in [1.82, 2.24) is 9.29 Å². The van der Waals surface area contributed by atoms with Crippen LogP contribution in [0.25, 0.3) is 0 Å². The molecule has 2 aliphatic rings. The zero-order valence-corrected chi connectivity index (χ0v) is 14.3. The first kappa shape index (κ1) is 15.4.